The Hall–Kier alpha value is -1.30. The monoisotopic (exact) mass is 353 g/mol. The van der Waals surface area contributed by atoms with Crippen molar-refractivity contribution >= 4 is 22.6 Å². The van der Waals surface area contributed by atoms with Crippen LogP contribution >= 0.6 is 22.6 Å². The fourth-order valence-electron chi connectivity index (χ4n) is 1.98. The molecule has 0 bridgehead atoms. The van der Waals surface area contributed by atoms with Crippen LogP contribution in [-0.2, 0) is 12.8 Å². The van der Waals surface area contributed by atoms with Crippen molar-refractivity contribution in [2.45, 2.75) is 12.8 Å². The third kappa shape index (κ3) is 2.43. The fourth-order valence-corrected chi connectivity index (χ4v) is 2.69. The molecule has 1 aromatic heterocycles. The van der Waals surface area contributed by atoms with Crippen LogP contribution in [0.15, 0.2) is 36.7 Å². The van der Waals surface area contributed by atoms with Crippen LogP contribution in [-0.4, -0.2) is 11.8 Å². The zero-order valence-electron chi connectivity index (χ0n) is 9.73. The van der Waals surface area contributed by atoms with Gasteiger partial charge in [-0.2, -0.15) is 0 Å². The third-order valence-corrected chi connectivity index (χ3v) is 3.98. The van der Waals surface area contributed by atoms with Crippen LogP contribution in [0.1, 0.15) is 11.1 Å². The van der Waals surface area contributed by atoms with E-state index in [1.807, 2.05) is 18.5 Å². The lowest BCUT2D eigenvalue weighted by molar-refractivity contribution is 0.174. The van der Waals surface area contributed by atoms with E-state index in [1.165, 1.54) is 14.7 Å². The zero-order chi connectivity index (χ0) is 12.4. The summed E-state index contributed by atoms with van der Waals surface area (Å²) in [4.78, 5) is 4.03. The number of pyridine rings is 1. The van der Waals surface area contributed by atoms with E-state index in [-0.39, 0.29) is 0 Å². The van der Waals surface area contributed by atoms with Crippen LogP contribution < -0.4 is 9.47 Å². The van der Waals surface area contributed by atoms with Crippen LogP contribution in [0, 0.1) is 3.57 Å². The molecule has 0 fully saturated rings. The minimum absolute atomic E-state index is 0.333. The van der Waals surface area contributed by atoms with Crippen molar-refractivity contribution in [3.63, 3.8) is 0 Å². The van der Waals surface area contributed by atoms with E-state index in [1.54, 1.807) is 0 Å². The molecule has 0 aliphatic carbocycles. The molecule has 3 rings (SSSR count). The summed E-state index contributed by atoms with van der Waals surface area (Å²) in [6.45, 7) is 0.333. The molecule has 2 aromatic rings. The van der Waals surface area contributed by atoms with Gasteiger partial charge in [-0.3, -0.25) is 4.98 Å². The number of aromatic nitrogens is 1. The van der Waals surface area contributed by atoms with E-state index in [4.69, 9.17) is 9.47 Å². The number of ether oxygens (including phenoxy) is 2. The highest BCUT2D eigenvalue weighted by atomic mass is 127. The summed E-state index contributed by atoms with van der Waals surface area (Å²) in [6.07, 6.45) is 5.68. The Balaban J connectivity index is 1.77. The molecule has 4 heteroatoms. The first-order chi connectivity index (χ1) is 8.83. The molecule has 92 valence electrons. The van der Waals surface area contributed by atoms with Gasteiger partial charge in [-0.05, 0) is 70.8 Å². The number of benzene rings is 1. The Kier molecular flexibility index (Phi) is 3.36. The maximum Gasteiger partial charge on any atom is 0.231 e. The normalized spacial score (nSPS) is 12.7. The highest BCUT2D eigenvalue weighted by molar-refractivity contribution is 14.1. The fraction of sp³-hybridized carbons (Fsp3) is 0.214. The number of aryl methyl sites for hydroxylation is 2. The number of nitrogens with zero attached hydrogens (tertiary/aromatic N) is 1. The standard InChI is InChI=1S/C14H12INO2/c15-12-8-14-13(17-9-18-14)7-11(12)2-1-10-3-5-16-6-4-10/h3-8H,1-2,9H2. The maximum absolute atomic E-state index is 5.41. The van der Waals surface area contributed by atoms with E-state index in [2.05, 4.69) is 45.8 Å². The highest BCUT2D eigenvalue weighted by Gasteiger charge is 2.15. The Labute approximate surface area is 119 Å². The van der Waals surface area contributed by atoms with Crippen molar-refractivity contribution in [2.24, 2.45) is 0 Å². The molecule has 0 unspecified atom stereocenters. The van der Waals surface area contributed by atoms with Crippen molar-refractivity contribution in [1.29, 1.82) is 0 Å². The van der Waals surface area contributed by atoms with E-state index in [0.717, 1.165) is 24.3 Å². The van der Waals surface area contributed by atoms with E-state index < -0.39 is 0 Å². The molecule has 0 saturated heterocycles. The van der Waals surface area contributed by atoms with E-state index in [0.29, 0.717) is 6.79 Å². The summed E-state index contributed by atoms with van der Waals surface area (Å²) in [5, 5.41) is 0. The van der Waals surface area contributed by atoms with E-state index in [9.17, 15) is 0 Å². The molecule has 1 aliphatic rings. The second-order valence-electron chi connectivity index (χ2n) is 4.15. The number of rotatable bonds is 3. The summed E-state index contributed by atoms with van der Waals surface area (Å²) < 4.78 is 12.0. The lowest BCUT2D eigenvalue weighted by Gasteiger charge is -2.06. The lowest BCUT2D eigenvalue weighted by atomic mass is 10.1. The molecular weight excluding hydrogens is 341 g/mol. The van der Waals surface area contributed by atoms with Crippen molar-refractivity contribution in [2.75, 3.05) is 6.79 Å². The predicted molar refractivity (Wildman–Crippen MR) is 76.9 cm³/mol. The van der Waals surface area contributed by atoms with Crippen LogP contribution in [0.25, 0.3) is 0 Å². The van der Waals surface area contributed by atoms with Crippen LogP contribution in [0.5, 0.6) is 11.5 Å². The summed E-state index contributed by atoms with van der Waals surface area (Å²) in [5.74, 6) is 1.72. The van der Waals surface area contributed by atoms with Gasteiger partial charge >= 0.3 is 0 Å². The van der Waals surface area contributed by atoms with Crippen molar-refractivity contribution in [3.8, 4) is 11.5 Å². The quantitative estimate of drug-likeness (QED) is 0.795. The molecule has 0 atom stereocenters. The van der Waals surface area contributed by atoms with Crippen molar-refractivity contribution < 1.29 is 9.47 Å². The molecule has 0 saturated carbocycles. The molecule has 0 amide bonds. The molecule has 0 N–H and O–H groups in total. The van der Waals surface area contributed by atoms with Crippen molar-refractivity contribution in [3.05, 3.63) is 51.4 Å². The molecule has 0 spiro atoms. The Morgan fingerprint density at radius 1 is 1.06 bits per heavy atom. The lowest BCUT2D eigenvalue weighted by Crippen LogP contribution is -1.94. The summed E-state index contributed by atoms with van der Waals surface area (Å²) in [7, 11) is 0. The SMILES string of the molecule is Ic1cc2c(cc1CCc1ccncc1)OCO2. The Bertz CT molecular complexity index is 557. The molecular formula is C14H12INO2. The first-order valence-corrected chi connectivity index (χ1v) is 6.88. The number of halogens is 1. The molecule has 1 aliphatic heterocycles. The topological polar surface area (TPSA) is 31.4 Å². The van der Waals surface area contributed by atoms with Gasteiger partial charge in [0.05, 0.1) is 0 Å². The van der Waals surface area contributed by atoms with Gasteiger partial charge in [-0.1, -0.05) is 0 Å². The first-order valence-electron chi connectivity index (χ1n) is 5.80. The van der Waals surface area contributed by atoms with Gasteiger partial charge in [0.1, 0.15) is 0 Å². The minimum Gasteiger partial charge on any atom is -0.454 e. The van der Waals surface area contributed by atoms with E-state index >= 15 is 0 Å². The Morgan fingerprint density at radius 2 is 1.78 bits per heavy atom. The van der Waals surface area contributed by atoms with Crippen LogP contribution in [0.2, 0.25) is 0 Å². The zero-order valence-corrected chi connectivity index (χ0v) is 11.9. The number of hydrogen-bond donors (Lipinski definition) is 0. The molecule has 3 nitrogen and oxygen atoms in total. The van der Waals surface area contributed by atoms with Gasteiger partial charge in [0.2, 0.25) is 6.79 Å². The van der Waals surface area contributed by atoms with Gasteiger partial charge in [0.25, 0.3) is 0 Å². The van der Waals surface area contributed by atoms with Gasteiger partial charge in [0, 0.05) is 16.0 Å². The molecule has 1 aromatic carbocycles. The van der Waals surface area contributed by atoms with Crippen molar-refractivity contribution in [1.82, 2.24) is 4.98 Å². The second kappa shape index (κ2) is 5.14. The average Bonchev–Trinajstić information content (AvgIpc) is 2.84. The molecule has 0 radical (unpaired) electrons. The second-order valence-corrected chi connectivity index (χ2v) is 5.31. The van der Waals surface area contributed by atoms with Gasteiger partial charge in [-0.25, -0.2) is 0 Å². The molecule has 18 heavy (non-hydrogen) atoms. The average molecular weight is 353 g/mol. The van der Waals surface area contributed by atoms with Gasteiger partial charge in [-0.15, -0.1) is 0 Å². The number of hydrogen-bond acceptors (Lipinski definition) is 3. The van der Waals surface area contributed by atoms with Crippen LogP contribution in [0.3, 0.4) is 0 Å². The largest absolute Gasteiger partial charge is 0.454 e. The van der Waals surface area contributed by atoms with Crippen LogP contribution in [0.4, 0.5) is 0 Å². The summed E-state index contributed by atoms with van der Waals surface area (Å²) in [6, 6.07) is 8.25. The summed E-state index contributed by atoms with van der Waals surface area (Å²) in [5.41, 5.74) is 2.61. The maximum atomic E-state index is 5.41. The smallest absolute Gasteiger partial charge is 0.231 e. The molecule has 2 heterocycles. The predicted octanol–water partition coefficient (Wildman–Crippen LogP) is 3.20. The minimum atomic E-state index is 0.333. The van der Waals surface area contributed by atoms with Gasteiger partial charge in [0.15, 0.2) is 11.5 Å². The number of fused-ring (bicyclic) bond motifs is 1. The summed E-state index contributed by atoms with van der Waals surface area (Å²) >= 11 is 2.35. The Morgan fingerprint density at radius 3 is 2.56 bits per heavy atom. The van der Waals surface area contributed by atoms with Gasteiger partial charge < -0.3 is 9.47 Å². The third-order valence-electron chi connectivity index (χ3n) is 2.97. The first kappa shape index (κ1) is 11.8. The highest BCUT2D eigenvalue weighted by Crippen LogP contribution is 2.35.